The minimum Gasteiger partial charge on any atom is -0.478 e. The number of carboxylic acid groups (broad SMARTS) is 4. The quantitative estimate of drug-likeness (QED) is 0.338. The van der Waals surface area contributed by atoms with Gasteiger partial charge in [-0.05, 0) is 0 Å². The monoisotopic (exact) mass is 318 g/mol. The van der Waals surface area contributed by atoms with Crippen LogP contribution in [0.5, 0.6) is 0 Å². The molecule has 0 unspecified atom stereocenters. The molecule has 0 amide bonds. The summed E-state index contributed by atoms with van der Waals surface area (Å²) < 4.78 is 0. The van der Waals surface area contributed by atoms with Crippen molar-refractivity contribution in [2.75, 3.05) is 26.2 Å². The van der Waals surface area contributed by atoms with E-state index in [0.29, 0.717) is 24.3 Å². The Bertz CT molecular complexity index is 349. The summed E-state index contributed by atoms with van der Waals surface area (Å²) in [6.07, 6.45) is 2.23. The number of carboxylic acids is 4. The van der Waals surface area contributed by atoms with Gasteiger partial charge in [0.25, 0.3) is 0 Å². The van der Waals surface area contributed by atoms with E-state index in [2.05, 4.69) is 10.6 Å². The average molecular weight is 318 g/mol. The van der Waals surface area contributed by atoms with Crippen LogP contribution in [0, 0.1) is 0 Å². The van der Waals surface area contributed by atoms with Crippen molar-refractivity contribution in [3.63, 3.8) is 0 Å². The zero-order valence-corrected chi connectivity index (χ0v) is 11.6. The zero-order chi connectivity index (χ0) is 17.4. The molecule has 0 spiro atoms. The first-order valence-electron chi connectivity index (χ1n) is 5.95. The molecule has 22 heavy (non-hydrogen) atoms. The van der Waals surface area contributed by atoms with Crippen LogP contribution in [0.3, 0.4) is 0 Å². The molecule has 0 aromatic rings. The van der Waals surface area contributed by atoms with Crippen LogP contribution in [0.25, 0.3) is 0 Å². The zero-order valence-electron chi connectivity index (χ0n) is 11.6. The van der Waals surface area contributed by atoms with Crippen molar-refractivity contribution in [3.05, 3.63) is 24.3 Å². The minimum atomic E-state index is -1.26. The second-order valence-electron chi connectivity index (χ2n) is 3.52. The van der Waals surface area contributed by atoms with Crippen molar-refractivity contribution in [1.82, 2.24) is 10.6 Å². The molecule has 1 aliphatic rings. The number of hydrogen-bond donors (Lipinski definition) is 6. The van der Waals surface area contributed by atoms with Gasteiger partial charge in [-0.3, -0.25) is 0 Å². The molecule has 1 heterocycles. The Kier molecular flexibility index (Phi) is 14.4. The number of carbonyl (C=O) groups is 4. The third-order valence-corrected chi connectivity index (χ3v) is 1.69. The molecular weight excluding hydrogens is 300 g/mol. The van der Waals surface area contributed by atoms with Gasteiger partial charge in [-0.15, -0.1) is 0 Å². The topological polar surface area (TPSA) is 173 Å². The highest BCUT2D eigenvalue weighted by atomic mass is 16.4. The van der Waals surface area contributed by atoms with E-state index in [1.807, 2.05) is 0 Å². The normalized spacial score (nSPS) is 13.5. The molecule has 124 valence electrons. The molecule has 10 heteroatoms. The summed E-state index contributed by atoms with van der Waals surface area (Å²) in [5.41, 5.74) is 0. The molecule has 6 N–H and O–H groups in total. The van der Waals surface area contributed by atoms with Gasteiger partial charge < -0.3 is 31.1 Å². The molecule has 0 radical (unpaired) electrons. The smallest absolute Gasteiger partial charge is 0.328 e. The summed E-state index contributed by atoms with van der Waals surface area (Å²) in [5.74, 6) is -5.03. The van der Waals surface area contributed by atoms with E-state index >= 15 is 0 Å². The molecular formula is C12H18N2O8. The minimum absolute atomic E-state index is 0.558. The van der Waals surface area contributed by atoms with Gasteiger partial charge in [0.05, 0.1) is 0 Å². The Labute approximate surface area is 125 Å². The van der Waals surface area contributed by atoms with Gasteiger partial charge in [0, 0.05) is 50.5 Å². The summed E-state index contributed by atoms with van der Waals surface area (Å²) in [4.78, 5) is 38.2. The van der Waals surface area contributed by atoms with Crippen molar-refractivity contribution in [1.29, 1.82) is 0 Å². The maximum atomic E-state index is 9.55. The third kappa shape index (κ3) is 26.0. The van der Waals surface area contributed by atoms with Gasteiger partial charge in [-0.1, -0.05) is 0 Å². The van der Waals surface area contributed by atoms with Crippen LogP contribution in [-0.4, -0.2) is 70.5 Å². The van der Waals surface area contributed by atoms with Crippen LogP contribution >= 0.6 is 0 Å². The largest absolute Gasteiger partial charge is 0.478 e. The van der Waals surface area contributed by atoms with Gasteiger partial charge in [0.1, 0.15) is 0 Å². The second kappa shape index (κ2) is 14.7. The second-order valence-corrected chi connectivity index (χ2v) is 3.52. The molecule has 1 fully saturated rings. The highest BCUT2D eigenvalue weighted by Crippen LogP contribution is 1.71. The Morgan fingerprint density at radius 2 is 0.727 bits per heavy atom. The molecule has 1 saturated heterocycles. The van der Waals surface area contributed by atoms with E-state index in [0.717, 1.165) is 26.2 Å². The summed E-state index contributed by atoms with van der Waals surface area (Å²) >= 11 is 0. The number of nitrogens with one attached hydrogen (secondary N) is 2. The van der Waals surface area contributed by atoms with E-state index in [4.69, 9.17) is 20.4 Å². The molecule has 0 aromatic carbocycles. The number of aliphatic carboxylic acids is 4. The van der Waals surface area contributed by atoms with E-state index < -0.39 is 23.9 Å². The Hall–Kier alpha value is -2.72. The van der Waals surface area contributed by atoms with Crippen LogP contribution in [0.1, 0.15) is 0 Å². The van der Waals surface area contributed by atoms with Gasteiger partial charge in [0.15, 0.2) is 0 Å². The molecule has 0 aromatic heterocycles. The van der Waals surface area contributed by atoms with Gasteiger partial charge in [-0.25, -0.2) is 19.2 Å². The number of piperazine rings is 1. The summed E-state index contributed by atoms with van der Waals surface area (Å²) in [6.45, 7) is 4.56. The van der Waals surface area contributed by atoms with Crippen molar-refractivity contribution in [3.8, 4) is 0 Å². The number of rotatable bonds is 4. The van der Waals surface area contributed by atoms with Crippen molar-refractivity contribution < 1.29 is 39.6 Å². The Balaban J connectivity index is 0. The maximum Gasteiger partial charge on any atom is 0.328 e. The molecule has 0 bridgehead atoms. The van der Waals surface area contributed by atoms with Gasteiger partial charge in [-0.2, -0.15) is 0 Å². The lowest BCUT2D eigenvalue weighted by Gasteiger charge is -2.11. The average Bonchev–Trinajstić information content (AvgIpc) is 2.46. The number of hydrogen-bond acceptors (Lipinski definition) is 6. The van der Waals surface area contributed by atoms with Crippen molar-refractivity contribution in [2.45, 2.75) is 0 Å². The Morgan fingerprint density at radius 1 is 0.545 bits per heavy atom. The molecule has 10 nitrogen and oxygen atoms in total. The lowest BCUT2D eigenvalue weighted by Crippen LogP contribution is -2.39. The van der Waals surface area contributed by atoms with Crippen LogP contribution in [0.4, 0.5) is 0 Å². The first kappa shape index (κ1) is 21.6. The van der Waals surface area contributed by atoms with E-state index in [1.165, 1.54) is 0 Å². The molecule has 0 aliphatic carbocycles. The Morgan fingerprint density at radius 3 is 0.818 bits per heavy atom. The molecule has 1 rings (SSSR count). The summed E-state index contributed by atoms with van der Waals surface area (Å²) in [7, 11) is 0. The lowest BCUT2D eigenvalue weighted by molar-refractivity contribution is -0.134. The third-order valence-electron chi connectivity index (χ3n) is 1.69. The van der Waals surface area contributed by atoms with Crippen LogP contribution in [0.15, 0.2) is 24.3 Å². The highest BCUT2D eigenvalue weighted by molar-refractivity contribution is 5.90. The predicted octanol–water partition coefficient (Wildman–Crippen LogP) is -1.40. The fourth-order valence-corrected chi connectivity index (χ4v) is 0.889. The summed E-state index contributed by atoms with van der Waals surface area (Å²) in [6, 6.07) is 0. The van der Waals surface area contributed by atoms with Gasteiger partial charge >= 0.3 is 23.9 Å². The standard InChI is InChI=1S/C4H10N2.2C4H4O4/c1-2-6-4-3-5-1;2*5-3(6)1-2-4(7)8/h5-6H,1-4H2;2*1-2H,(H,5,6)(H,7,8)/b;2*2-1-. The fourth-order valence-electron chi connectivity index (χ4n) is 0.889. The summed E-state index contributed by atoms with van der Waals surface area (Å²) in [5, 5.41) is 37.7. The SMILES string of the molecule is C1CNCCN1.O=C(O)/C=C\C(=O)O.O=C(O)/C=C\C(=O)O. The van der Waals surface area contributed by atoms with Crippen molar-refractivity contribution >= 4 is 23.9 Å². The van der Waals surface area contributed by atoms with E-state index in [-0.39, 0.29) is 0 Å². The fraction of sp³-hybridized carbons (Fsp3) is 0.333. The maximum absolute atomic E-state index is 9.55. The first-order chi connectivity index (χ1) is 10.3. The van der Waals surface area contributed by atoms with E-state index in [9.17, 15) is 19.2 Å². The van der Waals surface area contributed by atoms with Gasteiger partial charge in [0.2, 0.25) is 0 Å². The van der Waals surface area contributed by atoms with E-state index in [1.54, 1.807) is 0 Å². The highest BCUT2D eigenvalue weighted by Gasteiger charge is 1.91. The molecule has 1 aliphatic heterocycles. The van der Waals surface area contributed by atoms with Crippen LogP contribution in [0.2, 0.25) is 0 Å². The molecule has 0 atom stereocenters. The van der Waals surface area contributed by atoms with Crippen LogP contribution in [-0.2, 0) is 19.2 Å². The lowest BCUT2D eigenvalue weighted by atomic mass is 10.4. The van der Waals surface area contributed by atoms with Crippen LogP contribution < -0.4 is 10.6 Å². The molecule has 0 saturated carbocycles. The van der Waals surface area contributed by atoms with Crippen molar-refractivity contribution in [2.24, 2.45) is 0 Å². The first-order valence-corrected chi connectivity index (χ1v) is 5.95. The predicted molar refractivity (Wildman–Crippen MR) is 74.6 cm³/mol.